The van der Waals surface area contributed by atoms with Gasteiger partial charge in [0.25, 0.3) is 0 Å². The van der Waals surface area contributed by atoms with E-state index in [1.54, 1.807) is 11.8 Å². The second-order valence-electron chi connectivity index (χ2n) is 4.96. The largest absolute Gasteiger partial charge is 0.465 e. The van der Waals surface area contributed by atoms with Crippen LogP contribution in [0.3, 0.4) is 0 Å². The van der Waals surface area contributed by atoms with Crippen LogP contribution in [0.1, 0.15) is 25.3 Å². The molecule has 20 heavy (non-hydrogen) atoms. The molecule has 1 aliphatic carbocycles. The Morgan fingerprint density at radius 1 is 1.40 bits per heavy atom. The molecule has 0 heterocycles. The number of ether oxygens (including phenoxy) is 1. The summed E-state index contributed by atoms with van der Waals surface area (Å²) in [6.07, 6.45) is 1.89. The molecule has 1 aliphatic rings. The number of nitrogens with one attached hydrogen (secondary N) is 1. The zero-order valence-electron chi connectivity index (χ0n) is 11.9. The molecule has 1 aromatic rings. The lowest BCUT2D eigenvalue weighted by Gasteiger charge is -2.21. The average Bonchev–Trinajstić information content (AvgIpc) is 3.20. The number of aryl methyl sites for hydroxylation is 1. The normalized spacial score (nSPS) is 13.7. The molecule has 0 bridgehead atoms. The van der Waals surface area contributed by atoms with Gasteiger partial charge in [-0.15, -0.1) is 0 Å². The van der Waals surface area contributed by atoms with Crippen molar-refractivity contribution >= 4 is 17.7 Å². The molecule has 0 aromatic heterocycles. The number of hydrogen-bond acceptors (Lipinski definition) is 3. The number of rotatable bonds is 5. The van der Waals surface area contributed by atoms with Gasteiger partial charge < -0.3 is 15.0 Å². The Labute approximate surface area is 118 Å². The van der Waals surface area contributed by atoms with Crippen molar-refractivity contribution in [2.24, 2.45) is 0 Å². The summed E-state index contributed by atoms with van der Waals surface area (Å²) in [5, 5.41) is 2.83. The number of urea groups is 1. The minimum absolute atomic E-state index is 0.0101. The highest BCUT2D eigenvalue weighted by atomic mass is 16.5. The van der Waals surface area contributed by atoms with Crippen LogP contribution in [-0.2, 0) is 9.53 Å². The van der Waals surface area contributed by atoms with E-state index in [0.717, 1.165) is 24.1 Å². The fourth-order valence-corrected chi connectivity index (χ4v) is 2.02. The van der Waals surface area contributed by atoms with E-state index >= 15 is 0 Å². The van der Waals surface area contributed by atoms with Crippen molar-refractivity contribution in [2.75, 3.05) is 18.5 Å². The van der Waals surface area contributed by atoms with Crippen LogP contribution in [0.5, 0.6) is 0 Å². The van der Waals surface area contributed by atoms with E-state index in [1.165, 1.54) is 0 Å². The Bertz CT molecular complexity index is 498. The van der Waals surface area contributed by atoms with Gasteiger partial charge in [0.1, 0.15) is 6.54 Å². The quantitative estimate of drug-likeness (QED) is 0.841. The molecule has 0 aliphatic heterocycles. The molecule has 0 spiro atoms. The molecule has 0 radical (unpaired) electrons. The summed E-state index contributed by atoms with van der Waals surface area (Å²) in [5.74, 6) is -0.362. The van der Waals surface area contributed by atoms with Crippen LogP contribution in [0.4, 0.5) is 10.5 Å². The standard InChI is InChI=1S/C15H20N2O3/c1-3-20-14(18)10-17(13-7-8-13)15(19)16-12-6-4-5-11(2)9-12/h4-6,9,13H,3,7-8,10H2,1-2H3,(H,16,19). The lowest BCUT2D eigenvalue weighted by Crippen LogP contribution is -2.40. The second-order valence-corrected chi connectivity index (χ2v) is 4.96. The third kappa shape index (κ3) is 3.98. The van der Waals surface area contributed by atoms with E-state index in [1.807, 2.05) is 31.2 Å². The van der Waals surface area contributed by atoms with Gasteiger partial charge >= 0.3 is 12.0 Å². The Morgan fingerprint density at radius 2 is 2.15 bits per heavy atom. The molecule has 1 N–H and O–H groups in total. The topological polar surface area (TPSA) is 58.6 Å². The van der Waals surface area contributed by atoms with Crippen LogP contribution >= 0.6 is 0 Å². The number of carbonyl (C=O) groups excluding carboxylic acids is 2. The first-order chi connectivity index (χ1) is 9.60. The summed E-state index contributed by atoms with van der Waals surface area (Å²) in [5.41, 5.74) is 1.82. The SMILES string of the molecule is CCOC(=O)CN(C(=O)Nc1cccc(C)c1)C1CC1. The lowest BCUT2D eigenvalue weighted by atomic mass is 10.2. The van der Waals surface area contributed by atoms with Gasteiger partial charge in [0, 0.05) is 11.7 Å². The smallest absolute Gasteiger partial charge is 0.325 e. The van der Waals surface area contributed by atoms with Crippen LogP contribution in [0.15, 0.2) is 24.3 Å². The molecular weight excluding hydrogens is 256 g/mol. The summed E-state index contributed by atoms with van der Waals surface area (Å²) < 4.78 is 4.91. The van der Waals surface area contributed by atoms with E-state index in [2.05, 4.69) is 5.32 Å². The average molecular weight is 276 g/mol. The Balaban J connectivity index is 1.98. The zero-order valence-corrected chi connectivity index (χ0v) is 11.9. The highest BCUT2D eigenvalue weighted by Gasteiger charge is 2.34. The number of esters is 1. The minimum Gasteiger partial charge on any atom is -0.465 e. The number of carbonyl (C=O) groups is 2. The first-order valence-corrected chi connectivity index (χ1v) is 6.90. The molecule has 2 rings (SSSR count). The number of anilines is 1. The molecule has 108 valence electrons. The summed E-state index contributed by atoms with van der Waals surface area (Å²) in [6.45, 7) is 4.06. The van der Waals surface area contributed by atoms with Crippen LogP contribution in [0.2, 0.25) is 0 Å². The van der Waals surface area contributed by atoms with Crippen molar-refractivity contribution in [1.82, 2.24) is 4.90 Å². The third-order valence-electron chi connectivity index (χ3n) is 3.12. The van der Waals surface area contributed by atoms with Crippen molar-refractivity contribution in [2.45, 2.75) is 32.7 Å². The molecule has 0 atom stereocenters. The van der Waals surface area contributed by atoms with Gasteiger partial charge in [-0.25, -0.2) is 4.79 Å². The molecule has 1 fully saturated rings. The van der Waals surface area contributed by atoms with E-state index in [9.17, 15) is 9.59 Å². The van der Waals surface area contributed by atoms with Gasteiger partial charge in [0.2, 0.25) is 0 Å². The number of benzene rings is 1. The van der Waals surface area contributed by atoms with Crippen molar-refractivity contribution in [3.63, 3.8) is 0 Å². The minimum atomic E-state index is -0.362. The van der Waals surface area contributed by atoms with E-state index in [4.69, 9.17) is 4.74 Å². The summed E-state index contributed by atoms with van der Waals surface area (Å²) >= 11 is 0. The number of nitrogens with zero attached hydrogens (tertiary/aromatic N) is 1. The maximum absolute atomic E-state index is 12.3. The molecule has 0 unspecified atom stereocenters. The van der Waals surface area contributed by atoms with E-state index in [0.29, 0.717) is 6.61 Å². The van der Waals surface area contributed by atoms with Crippen molar-refractivity contribution in [3.05, 3.63) is 29.8 Å². The second kappa shape index (κ2) is 6.41. The van der Waals surface area contributed by atoms with Crippen LogP contribution in [0, 0.1) is 6.92 Å². The molecule has 1 saturated carbocycles. The van der Waals surface area contributed by atoms with Gasteiger partial charge in [0.15, 0.2) is 0 Å². The Kier molecular flexibility index (Phi) is 4.61. The maximum atomic E-state index is 12.3. The van der Waals surface area contributed by atoms with Gasteiger partial charge in [-0.05, 0) is 44.4 Å². The fourth-order valence-electron chi connectivity index (χ4n) is 2.02. The van der Waals surface area contributed by atoms with Crippen molar-refractivity contribution in [3.8, 4) is 0 Å². The van der Waals surface area contributed by atoms with Crippen LogP contribution in [0.25, 0.3) is 0 Å². The molecule has 5 heteroatoms. The highest BCUT2D eigenvalue weighted by Crippen LogP contribution is 2.27. The predicted molar refractivity (Wildman–Crippen MR) is 76.6 cm³/mol. The molecule has 2 amide bonds. The molecule has 5 nitrogen and oxygen atoms in total. The van der Waals surface area contributed by atoms with E-state index in [-0.39, 0.29) is 24.6 Å². The zero-order chi connectivity index (χ0) is 14.5. The highest BCUT2D eigenvalue weighted by molar-refractivity contribution is 5.92. The molecular formula is C15H20N2O3. The Morgan fingerprint density at radius 3 is 2.75 bits per heavy atom. The Hall–Kier alpha value is -2.04. The van der Waals surface area contributed by atoms with Gasteiger partial charge in [-0.2, -0.15) is 0 Å². The third-order valence-corrected chi connectivity index (χ3v) is 3.12. The summed E-state index contributed by atoms with van der Waals surface area (Å²) in [6, 6.07) is 7.49. The van der Waals surface area contributed by atoms with Gasteiger partial charge in [-0.1, -0.05) is 12.1 Å². The maximum Gasteiger partial charge on any atom is 0.325 e. The predicted octanol–water partition coefficient (Wildman–Crippen LogP) is 2.55. The first kappa shape index (κ1) is 14.4. The lowest BCUT2D eigenvalue weighted by molar-refractivity contribution is -0.143. The van der Waals surface area contributed by atoms with Crippen molar-refractivity contribution < 1.29 is 14.3 Å². The number of hydrogen-bond donors (Lipinski definition) is 1. The monoisotopic (exact) mass is 276 g/mol. The summed E-state index contributed by atoms with van der Waals surface area (Å²) in [4.78, 5) is 25.4. The van der Waals surface area contributed by atoms with E-state index < -0.39 is 0 Å². The van der Waals surface area contributed by atoms with Crippen molar-refractivity contribution in [1.29, 1.82) is 0 Å². The van der Waals surface area contributed by atoms with Gasteiger partial charge in [0.05, 0.1) is 6.61 Å². The first-order valence-electron chi connectivity index (χ1n) is 6.90. The summed E-state index contributed by atoms with van der Waals surface area (Å²) in [7, 11) is 0. The molecule has 0 saturated heterocycles. The molecule has 1 aromatic carbocycles. The number of amides is 2. The van der Waals surface area contributed by atoms with Crippen LogP contribution in [-0.4, -0.2) is 36.1 Å². The fraction of sp³-hybridized carbons (Fsp3) is 0.467. The van der Waals surface area contributed by atoms with Gasteiger partial charge in [-0.3, -0.25) is 4.79 Å². The van der Waals surface area contributed by atoms with Crippen LogP contribution < -0.4 is 5.32 Å².